The van der Waals surface area contributed by atoms with Crippen LogP contribution in [0.25, 0.3) is 0 Å². The van der Waals surface area contributed by atoms with Crippen LogP contribution in [0.3, 0.4) is 0 Å². The Labute approximate surface area is 207 Å². The van der Waals surface area contributed by atoms with Crippen molar-refractivity contribution in [3.8, 4) is 0 Å². The Morgan fingerprint density at radius 3 is 2.91 bits per heavy atom. The molecule has 1 fully saturated rings. The molecule has 2 aromatic heterocycles. The van der Waals surface area contributed by atoms with Crippen molar-refractivity contribution >= 4 is 45.7 Å². The van der Waals surface area contributed by atoms with Gasteiger partial charge in [-0.1, -0.05) is 60.8 Å². The summed E-state index contributed by atoms with van der Waals surface area (Å²) in [6, 6.07) is 6.06. The lowest BCUT2D eigenvalue weighted by atomic mass is 9.89. The molecule has 0 bridgehead atoms. The lowest BCUT2D eigenvalue weighted by Gasteiger charge is -2.21. The number of carbonyl (C=O) groups is 1. The minimum Gasteiger partial charge on any atom is -0.302 e. The van der Waals surface area contributed by atoms with Gasteiger partial charge in [-0.2, -0.15) is 0 Å². The molecule has 1 saturated carbocycles. The fraction of sp³-hybridized carbons (Fsp3) is 0.417. The number of anilines is 1. The first-order chi connectivity index (χ1) is 16.0. The van der Waals surface area contributed by atoms with Crippen LogP contribution in [-0.4, -0.2) is 31.4 Å². The van der Waals surface area contributed by atoms with Crippen molar-refractivity contribution in [3.63, 3.8) is 0 Å². The zero-order chi connectivity index (χ0) is 23.2. The Kier molecular flexibility index (Phi) is 8.22. The molecule has 0 aliphatic heterocycles. The number of hydrogen-bond donors (Lipinski definition) is 1. The molecule has 4 rings (SSSR count). The van der Waals surface area contributed by atoms with Gasteiger partial charge in [-0.15, -0.1) is 28.1 Å². The maximum Gasteiger partial charge on any atom is 0.236 e. The number of thiazole rings is 1. The molecule has 0 spiro atoms. The molecule has 1 aromatic carbocycles. The average Bonchev–Trinajstić information content (AvgIpc) is 3.42. The second-order valence-electron chi connectivity index (χ2n) is 8.30. The number of hydrogen-bond acceptors (Lipinski definition) is 6. The normalized spacial score (nSPS) is 14.4. The van der Waals surface area contributed by atoms with Gasteiger partial charge < -0.3 is 9.88 Å². The first-order valence-electron chi connectivity index (χ1n) is 11.2. The van der Waals surface area contributed by atoms with Gasteiger partial charge in [-0.25, -0.2) is 4.98 Å². The van der Waals surface area contributed by atoms with Crippen LogP contribution in [0.1, 0.15) is 59.9 Å². The molecule has 9 heteroatoms. The lowest BCUT2D eigenvalue weighted by Crippen LogP contribution is -2.15. The number of rotatable bonds is 9. The number of nitrogens with zero attached hydrogens (tertiary/aromatic N) is 4. The third-order valence-electron chi connectivity index (χ3n) is 5.77. The molecule has 174 valence electrons. The van der Waals surface area contributed by atoms with E-state index in [-0.39, 0.29) is 11.7 Å². The lowest BCUT2D eigenvalue weighted by molar-refractivity contribution is -0.113. The van der Waals surface area contributed by atoms with E-state index in [1.807, 2.05) is 25.1 Å². The van der Waals surface area contributed by atoms with Gasteiger partial charge in [-0.05, 0) is 37.0 Å². The van der Waals surface area contributed by atoms with E-state index in [1.165, 1.54) is 42.4 Å². The molecule has 0 atom stereocenters. The monoisotopic (exact) mass is 501 g/mol. The summed E-state index contributed by atoms with van der Waals surface area (Å²) in [5, 5.41) is 13.9. The van der Waals surface area contributed by atoms with E-state index in [1.54, 1.807) is 6.20 Å². The highest BCUT2D eigenvalue weighted by molar-refractivity contribution is 7.99. The molecule has 2 heterocycles. The summed E-state index contributed by atoms with van der Waals surface area (Å²) in [4.78, 5) is 18.0. The summed E-state index contributed by atoms with van der Waals surface area (Å²) in [5.41, 5.74) is 2.18. The highest BCUT2D eigenvalue weighted by Gasteiger charge is 2.23. The SMILES string of the molecule is C=CCn1c(SCC(=O)Nc2ncc(Cc3ccc(C)c(Cl)c3)s2)nnc1C1CCCCC1. The van der Waals surface area contributed by atoms with Crippen molar-refractivity contribution in [3.05, 3.63) is 63.9 Å². The van der Waals surface area contributed by atoms with E-state index in [0.717, 1.165) is 51.3 Å². The zero-order valence-electron chi connectivity index (χ0n) is 18.7. The van der Waals surface area contributed by atoms with Crippen molar-refractivity contribution in [2.24, 2.45) is 0 Å². The summed E-state index contributed by atoms with van der Waals surface area (Å²) < 4.78 is 2.11. The highest BCUT2D eigenvalue weighted by atomic mass is 35.5. The Hall–Kier alpha value is -2.16. The van der Waals surface area contributed by atoms with Crippen molar-refractivity contribution in [2.45, 2.75) is 63.1 Å². The van der Waals surface area contributed by atoms with E-state index in [9.17, 15) is 4.79 Å². The van der Waals surface area contributed by atoms with Gasteiger partial charge in [0.2, 0.25) is 5.91 Å². The Morgan fingerprint density at radius 1 is 1.33 bits per heavy atom. The molecule has 0 unspecified atom stereocenters. The molecule has 6 nitrogen and oxygen atoms in total. The van der Waals surface area contributed by atoms with Crippen LogP contribution in [0.4, 0.5) is 5.13 Å². The van der Waals surface area contributed by atoms with Crippen LogP contribution in [0, 0.1) is 6.92 Å². The fourth-order valence-electron chi connectivity index (χ4n) is 4.05. The third-order valence-corrected chi connectivity index (χ3v) is 8.06. The Balaban J connectivity index is 1.33. The third kappa shape index (κ3) is 6.25. The second-order valence-corrected chi connectivity index (χ2v) is 10.8. The average molecular weight is 502 g/mol. The fourth-order valence-corrected chi connectivity index (χ4v) is 5.87. The van der Waals surface area contributed by atoms with E-state index in [4.69, 9.17) is 11.6 Å². The van der Waals surface area contributed by atoms with Crippen molar-refractivity contribution in [1.29, 1.82) is 0 Å². The topological polar surface area (TPSA) is 72.7 Å². The predicted molar refractivity (Wildman–Crippen MR) is 137 cm³/mol. The molecule has 1 amide bonds. The molecule has 33 heavy (non-hydrogen) atoms. The number of aromatic nitrogens is 4. The second kappa shape index (κ2) is 11.3. The number of carbonyl (C=O) groups excluding carboxylic acids is 1. The number of allylic oxidation sites excluding steroid dienone is 1. The number of nitrogens with one attached hydrogen (secondary N) is 1. The zero-order valence-corrected chi connectivity index (χ0v) is 21.1. The minimum atomic E-state index is -0.105. The summed E-state index contributed by atoms with van der Waals surface area (Å²) in [6.45, 7) is 6.52. The quantitative estimate of drug-likeness (QED) is 0.277. The van der Waals surface area contributed by atoms with Crippen LogP contribution in [0.5, 0.6) is 0 Å². The van der Waals surface area contributed by atoms with E-state index < -0.39 is 0 Å². The maximum atomic E-state index is 12.6. The van der Waals surface area contributed by atoms with Crippen molar-refractivity contribution in [1.82, 2.24) is 19.7 Å². The number of benzene rings is 1. The number of halogens is 1. The van der Waals surface area contributed by atoms with Gasteiger partial charge in [-0.3, -0.25) is 4.79 Å². The van der Waals surface area contributed by atoms with Crippen LogP contribution in [-0.2, 0) is 17.8 Å². The maximum absolute atomic E-state index is 12.6. The number of aryl methyl sites for hydroxylation is 1. The standard InChI is InChI=1S/C24H28ClN5OS2/c1-3-11-30-22(18-7-5-4-6-8-18)28-29-24(30)32-15-21(31)27-23-26-14-19(33-23)12-17-10-9-16(2)20(25)13-17/h3,9-10,13-14,18H,1,4-8,11-12,15H2,2H3,(H,26,27,31). The van der Waals surface area contributed by atoms with Crippen molar-refractivity contribution < 1.29 is 4.79 Å². The van der Waals surface area contributed by atoms with Gasteiger partial charge in [0.15, 0.2) is 10.3 Å². The molecule has 1 aliphatic rings. The van der Waals surface area contributed by atoms with Gasteiger partial charge in [0.05, 0.1) is 5.75 Å². The van der Waals surface area contributed by atoms with Gasteiger partial charge in [0, 0.05) is 35.0 Å². The van der Waals surface area contributed by atoms with Crippen LogP contribution in [0.15, 0.2) is 42.2 Å². The molecule has 1 aliphatic carbocycles. The highest BCUT2D eigenvalue weighted by Crippen LogP contribution is 2.33. The molecule has 3 aromatic rings. The number of amides is 1. The Bertz CT molecular complexity index is 1120. The van der Waals surface area contributed by atoms with Crippen molar-refractivity contribution in [2.75, 3.05) is 11.1 Å². The first-order valence-corrected chi connectivity index (χ1v) is 13.4. The summed E-state index contributed by atoms with van der Waals surface area (Å²) >= 11 is 9.11. The van der Waals surface area contributed by atoms with Gasteiger partial charge in [0.25, 0.3) is 0 Å². The largest absolute Gasteiger partial charge is 0.302 e. The van der Waals surface area contributed by atoms with Gasteiger partial charge in [0.1, 0.15) is 5.82 Å². The Morgan fingerprint density at radius 2 is 2.15 bits per heavy atom. The van der Waals surface area contributed by atoms with E-state index in [2.05, 4.69) is 37.7 Å². The molecular formula is C24H28ClN5OS2. The van der Waals surface area contributed by atoms with Crippen LogP contribution >= 0.6 is 34.7 Å². The van der Waals surface area contributed by atoms with E-state index >= 15 is 0 Å². The molecular weight excluding hydrogens is 474 g/mol. The molecule has 1 N–H and O–H groups in total. The smallest absolute Gasteiger partial charge is 0.236 e. The molecule has 0 saturated heterocycles. The summed E-state index contributed by atoms with van der Waals surface area (Å²) in [7, 11) is 0. The van der Waals surface area contributed by atoms with Crippen LogP contribution < -0.4 is 5.32 Å². The van der Waals surface area contributed by atoms with Crippen LogP contribution in [0.2, 0.25) is 5.02 Å². The summed E-state index contributed by atoms with van der Waals surface area (Å²) in [5.74, 6) is 1.62. The number of thioether (sulfide) groups is 1. The van der Waals surface area contributed by atoms with Gasteiger partial charge >= 0.3 is 0 Å². The first kappa shape index (κ1) is 24.0. The summed E-state index contributed by atoms with van der Waals surface area (Å²) in [6.07, 6.45) is 10.5. The minimum absolute atomic E-state index is 0.105. The van der Waals surface area contributed by atoms with E-state index in [0.29, 0.717) is 17.6 Å². The molecule has 0 radical (unpaired) electrons. The predicted octanol–water partition coefficient (Wildman–Crippen LogP) is 6.25.